The number of allylic oxidation sites excluding steroid dienone is 1. The molecular formula is C30H30BrN3. The molecule has 1 N–H and O–H groups in total. The van der Waals surface area contributed by atoms with Crippen LogP contribution in [-0.4, -0.2) is 15.8 Å². The summed E-state index contributed by atoms with van der Waals surface area (Å²) in [6.45, 7) is 3.90. The lowest BCUT2D eigenvalue weighted by molar-refractivity contribution is 0.428. The molecular weight excluding hydrogens is 482 g/mol. The fraction of sp³-hybridized carbons (Fsp3) is 0.233. The van der Waals surface area contributed by atoms with Crippen molar-refractivity contribution in [3.63, 3.8) is 0 Å². The van der Waals surface area contributed by atoms with E-state index < -0.39 is 0 Å². The van der Waals surface area contributed by atoms with Gasteiger partial charge in [0.25, 0.3) is 0 Å². The second-order valence-electron chi connectivity index (χ2n) is 9.37. The van der Waals surface area contributed by atoms with Gasteiger partial charge in [-0.2, -0.15) is 5.10 Å². The van der Waals surface area contributed by atoms with Crippen LogP contribution < -0.4 is 5.32 Å². The molecule has 1 aliphatic carbocycles. The Hall–Kier alpha value is -2.95. The number of nitrogens with one attached hydrogen (secondary N) is 1. The summed E-state index contributed by atoms with van der Waals surface area (Å²) in [6, 6.07) is 30.1. The second-order valence-corrected chi connectivity index (χ2v) is 10.3. The van der Waals surface area contributed by atoms with Crippen molar-refractivity contribution >= 4 is 15.9 Å². The number of hydrogen-bond acceptors (Lipinski definition) is 2. The van der Waals surface area contributed by atoms with E-state index in [-0.39, 0.29) is 5.41 Å². The Balaban J connectivity index is 1.32. The van der Waals surface area contributed by atoms with E-state index >= 15 is 0 Å². The first-order valence-corrected chi connectivity index (χ1v) is 12.7. The quantitative estimate of drug-likeness (QED) is 0.267. The summed E-state index contributed by atoms with van der Waals surface area (Å²) in [6.07, 6.45) is 9.16. The Morgan fingerprint density at radius 2 is 1.76 bits per heavy atom. The van der Waals surface area contributed by atoms with Crippen molar-refractivity contribution < 1.29 is 0 Å². The van der Waals surface area contributed by atoms with E-state index in [2.05, 4.69) is 136 Å². The summed E-state index contributed by atoms with van der Waals surface area (Å²) in [5.41, 5.74) is 6.15. The van der Waals surface area contributed by atoms with Crippen LogP contribution in [0.1, 0.15) is 36.5 Å². The Morgan fingerprint density at radius 3 is 2.47 bits per heavy atom. The highest BCUT2D eigenvalue weighted by atomic mass is 79.9. The Morgan fingerprint density at radius 1 is 1.00 bits per heavy atom. The molecule has 1 aromatic heterocycles. The van der Waals surface area contributed by atoms with Gasteiger partial charge in [-0.3, -0.25) is 4.68 Å². The molecule has 3 nitrogen and oxygen atoms in total. The van der Waals surface area contributed by atoms with Crippen molar-refractivity contribution in [3.05, 3.63) is 124 Å². The monoisotopic (exact) mass is 511 g/mol. The summed E-state index contributed by atoms with van der Waals surface area (Å²) in [4.78, 5) is 0. The lowest BCUT2D eigenvalue weighted by atomic mass is 9.74. The summed E-state index contributed by atoms with van der Waals surface area (Å²) < 4.78 is 3.20. The molecule has 0 aliphatic heterocycles. The number of halogens is 1. The standard InChI is InChI=1S/C30H30BrN3/c1-30(26-13-8-14-27(31)19-26)17-15-28(16-18-30)32-20-25-22-34(21-23-9-4-2-5-10-23)33-29(25)24-11-6-3-7-12-24/h2-15,17,19,22,28,32H,16,18,20-21H2,1H3. The summed E-state index contributed by atoms with van der Waals surface area (Å²) >= 11 is 3.62. The van der Waals surface area contributed by atoms with Gasteiger partial charge in [-0.15, -0.1) is 0 Å². The number of nitrogens with zero attached hydrogens (tertiary/aromatic N) is 2. The molecule has 0 spiro atoms. The molecule has 0 amide bonds. The normalized spacial score (nSPS) is 19.9. The van der Waals surface area contributed by atoms with Crippen molar-refractivity contribution in [2.45, 2.75) is 44.3 Å². The zero-order chi connectivity index (χ0) is 23.4. The second kappa shape index (κ2) is 10.1. The minimum Gasteiger partial charge on any atom is -0.306 e. The lowest BCUT2D eigenvalue weighted by Crippen LogP contribution is -2.34. The van der Waals surface area contributed by atoms with Gasteiger partial charge in [-0.05, 0) is 36.1 Å². The van der Waals surface area contributed by atoms with Crippen LogP contribution in [0.3, 0.4) is 0 Å². The largest absolute Gasteiger partial charge is 0.306 e. The molecule has 0 saturated carbocycles. The maximum Gasteiger partial charge on any atom is 0.0968 e. The highest BCUT2D eigenvalue weighted by Gasteiger charge is 2.28. The Kier molecular flexibility index (Phi) is 6.80. The third-order valence-electron chi connectivity index (χ3n) is 6.78. The minimum absolute atomic E-state index is 0.0811. The SMILES string of the molecule is CC1(c2cccc(Br)c2)C=CC(NCc2cn(Cc3ccccc3)nc2-c2ccccc2)CC1. The zero-order valence-corrected chi connectivity index (χ0v) is 21.1. The average molecular weight is 512 g/mol. The fourth-order valence-electron chi connectivity index (χ4n) is 4.74. The predicted molar refractivity (Wildman–Crippen MR) is 144 cm³/mol. The molecule has 4 heteroatoms. The number of rotatable bonds is 7. The predicted octanol–water partition coefficient (Wildman–Crippen LogP) is 7.13. The van der Waals surface area contributed by atoms with Gasteiger partial charge in [0.15, 0.2) is 0 Å². The van der Waals surface area contributed by atoms with E-state index in [0.29, 0.717) is 6.04 Å². The van der Waals surface area contributed by atoms with E-state index in [4.69, 9.17) is 5.10 Å². The molecule has 172 valence electrons. The first-order chi connectivity index (χ1) is 16.6. The molecule has 0 bridgehead atoms. The highest BCUT2D eigenvalue weighted by Crippen LogP contribution is 2.36. The molecule has 0 fully saturated rings. The van der Waals surface area contributed by atoms with E-state index in [1.807, 2.05) is 0 Å². The van der Waals surface area contributed by atoms with Gasteiger partial charge in [0.05, 0.1) is 12.2 Å². The Bertz CT molecular complexity index is 1260. The van der Waals surface area contributed by atoms with Gasteiger partial charge < -0.3 is 5.32 Å². The number of aromatic nitrogens is 2. The summed E-state index contributed by atoms with van der Waals surface area (Å²) in [5.74, 6) is 0. The maximum absolute atomic E-state index is 4.96. The van der Waals surface area contributed by atoms with E-state index in [1.54, 1.807) is 0 Å². The van der Waals surface area contributed by atoms with E-state index in [0.717, 1.165) is 41.7 Å². The van der Waals surface area contributed by atoms with E-state index in [1.165, 1.54) is 16.7 Å². The van der Waals surface area contributed by atoms with Crippen LogP contribution in [-0.2, 0) is 18.5 Å². The third kappa shape index (κ3) is 5.24. The summed E-state index contributed by atoms with van der Waals surface area (Å²) in [5, 5.41) is 8.74. The molecule has 0 saturated heterocycles. The van der Waals surface area contributed by atoms with Gasteiger partial charge in [-0.25, -0.2) is 0 Å². The lowest BCUT2D eigenvalue weighted by Gasteiger charge is -2.33. The van der Waals surface area contributed by atoms with Crippen LogP contribution in [0.25, 0.3) is 11.3 Å². The molecule has 34 heavy (non-hydrogen) atoms. The van der Waals surface area contributed by atoms with Crippen LogP contribution in [0, 0.1) is 0 Å². The molecule has 1 heterocycles. The molecule has 2 atom stereocenters. The smallest absolute Gasteiger partial charge is 0.0968 e. The van der Waals surface area contributed by atoms with Gasteiger partial charge in [0, 0.05) is 39.8 Å². The van der Waals surface area contributed by atoms with Crippen molar-refractivity contribution in [2.75, 3.05) is 0 Å². The third-order valence-corrected chi connectivity index (χ3v) is 7.28. The highest BCUT2D eigenvalue weighted by molar-refractivity contribution is 9.10. The van der Waals surface area contributed by atoms with Crippen molar-refractivity contribution in [2.24, 2.45) is 0 Å². The van der Waals surface area contributed by atoms with Crippen molar-refractivity contribution in [1.82, 2.24) is 15.1 Å². The van der Waals surface area contributed by atoms with Crippen molar-refractivity contribution in [3.8, 4) is 11.3 Å². The van der Waals surface area contributed by atoms with Crippen LogP contribution in [0.15, 0.2) is 108 Å². The van der Waals surface area contributed by atoms with Crippen LogP contribution in [0.4, 0.5) is 0 Å². The van der Waals surface area contributed by atoms with Gasteiger partial charge >= 0.3 is 0 Å². The zero-order valence-electron chi connectivity index (χ0n) is 19.5. The maximum atomic E-state index is 4.96. The number of benzene rings is 3. The number of hydrogen-bond donors (Lipinski definition) is 1. The Labute approximate surface area is 210 Å². The fourth-order valence-corrected chi connectivity index (χ4v) is 5.14. The first kappa shape index (κ1) is 22.8. The van der Waals surface area contributed by atoms with Gasteiger partial charge in [-0.1, -0.05) is 108 Å². The van der Waals surface area contributed by atoms with Crippen molar-refractivity contribution in [1.29, 1.82) is 0 Å². The summed E-state index contributed by atoms with van der Waals surface area (Å²) in [7, 11) is 0. The molecule has 2 unspecified atom stereocenters. The van der Waals surface area contributed by atoms with Crippen LogP contribution in [0.2, 0.25) is 0 Å². The molecule has 5 rings (SSSR count). The minimum atomic E-state index is 0.0811. The molecule has 1 aliphatic rings. The molecule has 3 aromatic carbocycles. The van der Waals surface area contributed by atoms with Gasteiger partial charge in [0.1, 0.15) is 0 Å². The van der Waals surface area contributed by atoms with Crippen LogP contribution in [0.5, 0.6) is 0 Å². The van der Waals surface area contributed by atoms with E-state index in [9.17, 15) is 0 Å². The molecule has 0 radical (unpaired) electrons. The topological polar surface area (TPSA) is 29.9 Å². The van der Waals surface area contributed by atoms with Gasteiger partial charge in [0.2, 0.25) is 0 Å². The average Bonchev–Trinajstić information content (AvgIpc) is 3.27. The molecule has 4 aromatic rings. The first-order valence-electron chi connectivity index (χ1n) is 11.9. The van der Waals surface area contributed by atoms with Crippen LogP contribution >= 0.6 is 15.9 Å².